The second-order valence-electron chi connectivity index (χ2n) is 9.75. The summed E-state index contributed by atoms with van der Waals surface area (Å²) in [5, 5.41) is 0. The second kappa shape index (κ2) is 14.0. The fourth-order valence-corrected chi connectivity index (χ4v) is 4.65. The molecular weight excluding hydrogens is 536 g/mol. The second-order valence-corrected chi connectivity index (χ2v) is 9.75. The molecule has 0 aliphatic heterocycles. The highest BCUT2D eigenvalue weighted by atomic mass is 16.5. The number of esters is 2. The lowest BCUT2D eigenvalue weighted by Gasteiger charge is -2.15. The Morgan fingerprint density at radius 1 is 0.605 bits per heavy atom. The minimum Gasteiger partial charge on any atom is -0.462 e. The van der Waals surface area contributed by atoms with Gasteiger partial charge in [-0.25, -0.2) is 19.6 Å². The number of aromatic nitrogens is 2. The van der Waals surface area contributed by atoms with Gasteiger partial charge in [-0.3, -0.25) is 0 Å². The number of hydrogen-bond acceptors (Lipinski definition) is 6. The summed E-state index contributed by atoms with van der Waals surface area (Å²) in [7, 11) is 0. The molecule has 5 aromatic rings. The van der Waals surface area contributed by atoms with Crippen molar-refractivity contribution < 1.29 is 19.1 Å². The Morgan fingerprint density at radius 3 is 1.65 bits per heavy atom. The zero-order valence-corrected chi connectivity index (χ0v) is 24.2. The van der Waals surface area contributed by atoms with E-state index in [-0.39, 0.29) is 11.9 Å². The Bertz CT molecular complexity index is 1710. The first-order chi connectivity index (χ1) is 21.1. The zero-order chi connectivity index (χ0) is 30.0. The highest BCUT2D eigenvalue weighted by Gasteiger charge is 2.18. The summed E-state index contributed by atoms with van der Waals surface area (Å²) in [6.07, 6.45) is 4.52. The molecule has 1 heterocycles. The van der Waals surface area contributed by atoms with Gasteiger partial charge < -0.3 is 9.47 Å². The third-order valence-electron chi connectivity index (χ3n) is 6.78. The third kappa shape index (κ3) is 7.29. The fourth-order valence-electron chi connectivity index (χ4n) is 4.65. The lowest BCUT2D eigenvalue weighted by atomic mass is 10.00. The number of ether oxygens (including phenoxy) is 2. The van der Waals surface area contributed by atoms with Crippen LogP contribution < -0.4 is 0 Å². The molecule has 6 nitrogen and oxygen atoms in total. The van der Waals surface area contributed by atoms with Crippen LogP contribution in [0, 0.1) is 0 Å². The van der Waals surface area contributed by atoms with E-state index < -0.39 is 0 Å². The molecule has 0 atom stereocenters. The first-order valence-electron chi connectivity index (χ1n) is 14.3. The van der Waals surface area contributed by atoms with Crippen LogP contribution in [0.5, 0.6) is 0 Å². The van der Waals surface area contributed by atoms with Crippen molar-refractivity contribution in [1.82, 2.24) is 9.97 Å². The van der Waals surface area contributed by atoms with Gasteiger partial charge >= 0.3 is 11.9 Å². The van der Waals surface area contributed by atoms with Gasteiger partial charge in [0.05, 0.1) is 47.1 Å². The number of carbonyl (C=O) groups excluding carboxylic acids is 2. The van der Waals surface area contributed by atoms with E-state index in [1.54, 1.807) is 38.1 Å². The molecule has 0 fully saturated rings. The van der Waals surface area contributed by atoms with Gasteiger partial charge in [-0.05, 0) is 55.3 Å². The van der Waals surface area contributed by atoms with Crippen molar-refractivity contribution in [1.29, 1.82) is 0 Å². The van der Waals surface area contributed by atoms with E-state index in [4.69, 9.17) is 19.4 Å². The monoisotopic (exact) mass is 568 g/mol. The van der Waals surface area contributed by atoms with Gasteiger partial charge in [-0.2, -0.15) is 0 Å². The summed E-state index contributed by atoms with van der Waals surface area (Å²) in [4.78, 5) is 35.0. The van der Waals surface area contributed by atoms with E-state index in [2.05, 4.69) is 12.1 Å². The molecule has 0 aliphatic rings. The van der Waals surface area contributed by atoms with Gasteiger partial charge in [0, 0.05) is 17.5 Å². The van der Waals surface area contributed by atoms with Crippen molar-refractivity contribution in [3.05, 3.63) is 143 Å². The van der Waals surface area contributed by atoms with Gasteiger partial charge in [-0.15, -0.1) is 0 Å². The quantitative estimate of drug-likeness (QED) is 0.159. The zero-order valence-electron chi connectivity index (χ0n) is 24.2. The molecule has 6 heteroatoms. The van der Waals surface area contributed by atoms with Crippen molar-refractivity contribution in [2.24, 2.45) is 0 Å². The molecule has 0 bridgehead atoms. The van der Waals surface area contributed by atoms with Crippen LogP contribution in [0.2, 0.25) is 0 Å². The highest BCUT2D eigenvalue weighted by Crippen LogP contribution is 2.30. The van der Waals surface area contributed by atoms with Crippen LogP contribution in [0.1, 0.15) is 57.1 Å². The third-order valence-corrected chi connectivity index (χ3v) is 6.78. The molecule has 0 saturated heterocycles. The largest absolute Gasteiger partial charge is 0.462 e. The predicted molar refractivity (Wildman–Crippen MR) is 169 cm³/mol. The summed E-state index contributed by atoms with van der Waals surface area (Å²) >= 11 is 0. The van der Waals surface area contributed by atoms with Crippen LogP contribution in [-0.2, 0) is 15.9 Å². The molecule has 0 aliphatic carbocycles. The Hall–Kier alpha value is -5.36. The first-order valence-corrected chi connectivity index (χ1v) is 14.3. The van der Waals surface area contributed by atoms with Gasteiger partial charge in [0.15, 0.2) is 0 Å². The lowest BCUT2D eigenvalue weighted by Crippen LogP contribution is -2.06. The number of hydrogen-bond donors (Lipinski definition) is 0. The SMILES string of the molecule is CCOC(=O)c1ccc(-c2nc(Cc3ccccc3)c(-c3ccc(C(=O)OCC)cc3)nc2/C=C/c2ccccc2)cc1. The minimum absolute atomic E-state index is 0.311. The van der Waals surface area contributed by atoms with Crippen molar-refractivity contribution in [3.63, 3.8) is 0 Å². The maximum atomic E-state index is 12.3. The number of carbonyl (C=O) groups is 2. The standard InChI is InChI=1S/C37H32N2O4/c1-3-42-36(40)30-20-16-28(17-21-30)34-32(24-15-26-11-7-5-8-12-26)38-35(33(39-34)25-27-13-9-6-10-14-27)29-18-22-31(23-19-29)37(41)43-4-2/h5-24H,3-4,25H2,1-2H3/b24-15+. The van der Waals surface area contributed by atoms with Crippen LogP contribution in [0.15, 0.2) is 109 Å². The van der Waals surface area contributed by atoms with Gasteiger partial charge in [0.1, 0.15) is 0 Å². The smallest absolute Gasteiger partial charge is 0.338 e. The molecule has 214 valence electrons. The van der Waals surface area contributed by atoms with E-state index in [1.807, 2.05) is 84.9 Å². The van der Waals surface area contributed by atoms with Gasteiger partial charge in [-0.1, -0.05) is 91.0 Å². The lowest BCUT2D eigenvalue weighted by molar-refractivity contribution is 0.0517. The molecule has 1 aromatic heterocycles. The van der Waals surface area contributed by atoms with Crippen LogP contribution in [0.4, 0.5) is 0 Å². The average molecular weight is 569 g/mol. The summed E-state index contributed by atoms with van der Waals surface area (Å²) < 4.78 is 10.3. The van der Waals surface area contributed by atoms with Crippen molar-refractivity contribution in [2.75, 3.05) is 13.2 Å². The normalized spacial score (nSPS) is 10.9. The molecule has 0 radical (unpaired) electrons. The molecule has 0 N–H and O–H groups in total. The fraction of sp³-hybridized carbons (Fsp3) is 0.135. The van der Waals surface area contributed by atoms with Gasteiger partial charge in [0.25, 0.3) is 0 Å². The average Bonchev–Trinajstić information content (AvgIpc) is 3.05. The Morgan fingerprint density at radius 2 is 1.12 bits per heavy atom. The summed E-state index contributed by atoms with van der Waals surface area (Å²) in [5.41, 5.74) is 7.62. The van der Waals surface area contributed by atoms with Crippen molar-refractivity contribution >= 4 is 24.1 Å². The molecule has 0 unspecified atom stereocenters. The molecule has 0 spiro atoms. The van der Waals surface area contributed by atoms with E-state index in [1.165, 1.54) is 0 Å². The van der Waals surface area contributed by atoms with E-state index in [0.29, 0.717) is 42.1 Å². The van der Waals surface area contributed by atoms with E-state index in [9.17, 15) is 9.59 Å². The van der Waals surface area contributed by atoms with Crippen LogP contribution in [0.3, 0.4) is 0 Å². The summed E-state index contributed by atoms with van der Waals surface area (Å²) in [5.74, 6) is -0.728. The van der Waals surface area contributed by atoms with E-state index in [0.717, 1.165) is 33.6 Å². The van der Waals surface area contributed by atoms with E-state index >= 15 is 0 Å². The van der Waals surface area contributed by atoms with Crippen molar-refractivity contribution in [2.45, 2.75) is 20.3 Å². The maximum Gasteiger partial charge on any atom is 0.338 e. The maximum absolute atomic E-state index is 12.3. The number of benzene rings is 4. The molecule has 0 amide bonds. The van der Waals surface area contributed by atoms with Crippen molar-refractivity contribution in [3.8, 4) is 22.5 Å². The number of nitrogens with zero attached hydrogens (tertiary/aromatic N) is 2. The molecular formula is C37H32N2O4. The molecule has 5 rings (SSSR count). The Kier molecular flexibility index (Phi) is 9.49. The topological polar surface area (TPSA) is 78.4 Å². The minimum atomic E-state index is -0.365. The summed E-state index contributed by atoms with van der Waals surface area (Å²) in [6, 6.07) is 34.6. The first kappa shape index (κ1) is 29.1. The van der Waals surface area contributed by atoms with Crippen LogP contribution in [-0.4, -0.2) is 35.1 Å². The molecule has 4 aromatic carbocycles. The van der Waals surface area contributed by atoms with Gasteiger partial charge in [0.2, 0.25) is 0 Å². The number of rotatable bonds is 10. The predicted octanol–water partition coefficient (Wildman–Crippen LogP) is 7.93. The highest BCUT2D eigenvalue weighted by molar-refractivity contribution is 5.91. The van der Waals surface area contributed by atoms with Crippen LogP contribution in [0.25, 0.3) is 34.7 Å². The Labute approximate surface area is 251 Å². The summed E-state index contributed by atoms with van der Waals surface area (Å²) in [6.45, 7) is 4.19. The molecule has 0 saturated carbocycles. The van der Waals surface area contributed by atoms with Crippen LogP contribution >= 0.6 is 0 Å². The Balaban J connectivity index is 1.65. The molecule has 43 heavy (non-hydrogen) atoms.